The van der Waals surface area contributed by atoms with Gasteiger partial charge in [-0.05, 0) is 54.8 Å². The molecule has 30 heavy (non-hydrogen) atoms. The van der Waals surface area contributed by atoms with Gasteiger partial charge in [-0.2, -0.15) is 0 Å². The molecule has 2 amide bonds. The molecule has 0 fully saturated rings. The molecular weight excluding hydrogens is 392 g/mol. The van der Waals surface area contributed by atoms with Crippen molar-refractivity contribution < 1.29 is 9.59 Å². The van der Waals surface area contributed by atoms with E-state index in [9.17, 15) is 9.59 Å². The van der Waals surface area contributed by atoms with Gasteiger partial charge in [0.1, 0.15) is 0 Å². The molecule has 162 valence electrons. The van der Waals surface area contributed by atoms with E-state index in [1.54, 1.807) is 16.2 Å². The molecule has 4 nitrogen and oxygen atoms in total. The van der Waals surface area contributed by atoms with Crippen molar-refractivity contribution >= 4 is 23.2 Å². The number of benzene rings is 1. The van der Waals surface area contributed by atoms with E-state index in [0.717, 1.165) is 32.1 Å². The van der Waals surface area contributed by atoms with Crippen LogP contribution in [0.25, 0.3) is 0 Å². The van der Waals surface area contributed by atoms with Crippen LogP contribution in [0, 0.1) is 6.92 Å². The van der Waals surface area contributed by atoms with Crippen molar-refractivity contribution in [2.75, 3.05) is 19.6 Å². The zero-order valence-electron chi connectivity index (χ0n) is 18.5. The van der Waals surface area contributed by atoms with Gasteiger partial charge in [0, 0.05) is 24.4 Å². The Morgan fingerprint density at radius 3 is 2.63 bits per heavy atom. The molecule has 0 aliphatic carbocycles. The zero-order valence-corrected chi connectivity index (χ0v) is 19.3. The molecule has 1 aliphatic rings. The van der Waals surface area contributed by atoms with Crippen LogP contribution in [0.5, 0.6) is 0 Å². The van der Waals surface area contributed by atoms with Crippen molar-refractivity contribution in [3.05, 3.63) is 57.3 Å². The second kappa shape index (κ2) is 10.8. The fraction of sp³-hybridized carbons (Fsp3) is 0.520. The van der Waals surface area contributed by atoms with Crippen molar-refractivity contribution in [1.29, 1.82) is 0 Å². The number of fused-ring (bicyclic) bond motifs is 1. The molecule has 2 heterocycles. The monoisotopic (exact) mass is 426 g/mol. The highest BCUT2D eigenvalue weighted by Crippen LogP contribution is 2.38. The summed E-state index contributed by atoms with van der Waals surface area (Å²) >= 11 is 1.78. The summed E-state index contributed by atoms with van der Waals surface area (Å²) in [6.07, 6.45) is 5.73. The van der Waals surface area contributed by atoms with Crippen molar-refractivity contribution in [2.24, 2.45) is 0 Å². The van der Waals surface area contributed by atoms with Gasteiger partial charge in [0.25, 0.3) is 0 Å². The number of unbranched alkanes of at least 4 members (excludes halogenated alkanes) is 3. The van der Waals surface area contributed by atoms with Crippen molar-refractivity contribution in [2.45, 2.75) is 65.3 Å². The topological polar surface area (TPSA) is 40.6 Å². The molecule has 2 aromatic rings. The second-order valence-corrected chi connectivity index (χ2v) is 9.11. The standard InChI is InChI=1S/C25H34N2O2S/c1-4-6-7-8-13-23(28)26(5-2)18-24(29)27-16-14-22-21(15-17-30-22)25(27)20-12-10-9-11-19(20)3/h9-12,15,17,25H,4-8,13-14,16,18H2,1-3H3/t25-/m1/s1. The van der Waals surface area contributed by atoms with Crippen LogP contribution in [-0.4, -0.2) is 41.2 Å². The minimum Gasteiger partial charge on any atom is -0.334 e. The molecule has 0 saturated carbocycles. The molecule has 0 bridgehead atoms. The third kappa shape index (κ3) is 5.12. The van der Waals surface area contributed by atoms with E-state index < -0.39 is 0 Å². The quantitative estimate of drug-likeness (QED) is 0.507. The van der Waals surface area contributed by atoms with Crippen molar-refractivity contribution in [3.63, 3.8) is 0 Å². The highest BCUT2D eigenvalue weighted by atomic mass is 32.1. The number of aryl methyl sites for hydroxylation is 1. The summed E-state index contributed by atoms with van der Waals surface area (Å²) in [5.74, 6) is 0.145. The van der Waals surface area contributed by atoms with Crippen LogP contribution in [-0.2, 0) is 16.0 Å². The minimum absolute atomic E-state index is 0.0452. The lowest BCUT2D eigenvalue weighted by Crippen LogP contribution is -2.46. The number of carbonyl (C=O) groups is 2. The van der Waals surface area contributed by atoms with Crippen LogP contribution in [0.1, 0.15) is 73.6 Å². The summed E-state index contributed by atoms with van der Waals surface area (Å²) in [6, 6.07) is 10.4. The lowest BCUT2D eigenvalue weighted by Gasteiger charge is -2.38. The summed E-state index contributed by atoms with van der Waals surface area (Å²) < 4.78 is 0. The Bertz CT molecular complexity index is 860. The van der Waals surface area contributed by atoms with Crippen LogP contribution in [0.2, 0.25) is 0 Å². The summed E-state index contributed by atoms with van der Waals surface area (Å²) in [5, 5.41) is 2.13. The number of hydrogen-bond acceptors (Lipinski definition) is 3. The average molecular weight is 427 g/mol. The third-order valence-corrected chi connectivity index (χ3v) is 7.07. The Morgan fingerprint density at radius 1 is 1.10 bits per heavy atom. The first-order chi connectivity index (χ1) is 14.6. The molecule has 1 aromatic heterocycles. The summed E-state index contributed by atoms with van der Waals surface area (Å²) in [5.41, 5.74) is 3.61. The molecule has 1 aromatic carbocycles. The van der Waals surface area contributed by atoms with Gasteiger partial charge in [-0.25, -0.2) is 0 Å². The molecule has 5 heteroatoms. The number of rotatable bonds is 9. The number of nitrogens with zero attached hydrogens (tertiary/aromatic N) is 2. The molecule has 0 spiro atoms. The minimum atomic E-state index is -0.0629. The van der Waals surface area contributed by atoms with Crippen LogP contribution < -0.4 is 0 Å². The number of hydrogen-bond donors (Lipinski definition) is 0. The third-order valence-electron chi connectivity index (χ3n) is 6.07. The molecule has 0 N–H and O–H groups in total. The largest absolute Gasteiger partial charge is 0.334 e. The van der Waals surface area contributed by atoms with Gasteiger partial charge in [0.2, 0.25) is 11.8 Å². The molecule has 3 rings (SSSR count). The Balaban J connectivity index is 1.76. The normalized spacial score (nSPS) is 15.7. The summed E-state index contributed by atoms with van der Waals surface area (Å²) in [6.45, 7) is 7.69. The molecule has 1 atom stereocenters. The number of thiophene rings is 1. The summed E-state index contributed by atoms with van der Waals surface area (Å²) in [7, 11) is 0. The number of likely N-dealkylation sites (N-methyl/N-ethyl adjacent to an activating group) is 1. The first-order valence-corrected chi connectivity index (χ1v) is 12.1. The lowest BCUT2D eigenvalue weighted by molar-refractivity contribution is -0.141. The van der Waals surface area contributed by atoms with Gasteiger partial charge >= 0.3 is 0 Å². The number of amides is 2. The fourth-order valence-corrected chi connectivity index (χ4v) is 5.21. The Morgan fingerprint density at radius 2 is 1.90 bits per heavy atom. The maximum absolute atomic E-state index is 13.4. The molecule has 1 aliphatic heterocycles. The van der Waals surface area contributed by atoms with Gasteiger partial charge in [-0.1, -0.05) is 50.5 Å². The second-order valence-electron chi connectivity index (χ2n) is 8.11. The van der Waals surface area contributed by atoms with E-state index in [1.807, 2.05) is 24.0 Å². The smallest absolute Gasteiger partial charge is 0.242 e. The first kappa shape index (κ1) is 22.5. The van der Waals surface area contributed by atoms with E-state index in [2.05, 4.69) is 37.4 Å². The Labute approximate surface area is 184 Å². The zero-order chi connectivity index (χ0) is 21.5. The maximum Gasteiger partial charge on any atom is 0.242 e. The van der Waals surface area contributed by atoms with E-state index >= 15 is 0 Å². The predicted octanol–water partition coefficient (Wildman–Crippen LogP) is 5.35. The van der Waals surface area contributed by atoms with Gasteiger partial charge in [0.05, 0.1) is 12.6 Å². The maximum atomic E-state index is 13.4. The molecule has 0 saturated heterocycles. The Kier molecular flexibility index (Phi) is 8.08. The van der Waals surface area contributed by atoms with E-state index in [1.165, 1.54) is 21.6 Å². The van der Waals surface area contributed by atoms with Crippen LogP contribution in [0.3, 0.4) is 0 Å². The predicted molar refractivity (Wildman–Crippen MR) is 124 cm³/mol. The van der Waals surface area contributed by atoms with Gasteiger partial charge in [-0.3, -0.25) is 9.59 Å². The highest BCUT2D eigenvalue weighted by Gasteiger charge is 2.34. The van der Waals surface area contributed by atoms with Gasteiger partial charge < -0.3 is 9.80 Å². The molecule has 0 radical (unpaired) electrons. The van der Waals surface area contributed by atoms with Gasteiger partial charge in [0.15, 0.2) is 0 Å². The number of carbonyl (C=O) groups excluding carboxylic acids is 2. The van der Waals surface area contributed by atoms with E-state index in [4.69, 9.17) is 0 Å². The first-order valence-electron chi connectivity index (χ1n) is 11.3. The summed E-state index contributed by atoms with van der Waals surface area (Å²) in [4.78, 5) is 31.2. The highest BCUT2D eigenvalue weighted by molar-refractivity contribution is 7.10. The molecule has 0 unspecified atom stereocenters. The van der Waals surface area contributed by atoms with Crippen LogP contribution in [0.15, 0.2) is 35.7 Å². The van der Waals surface area contributed by atoms with Crippen LogP contribution >= 0.6 is 11.3 Å². The SMILES string of the molecule is CCCCCCC(=O)N(CC)CC(=O)N1CCc2sccc2[C@H]1c1ccccc1C. The van der Waals surface area contributed by atoms with Crippen molar-refractivity contribution in [3.8, 4) is 0 Å². The lowest BCUT2D eigenvalue weighted by atomic mass is 9.90. The molecular formula is C25H34N2O2S. The Hall–Kier alpha value is -2.14. The van der Waals surface area contributed by atoms with Crippen LogP contribution in [0.4, 0.5) is 0 Å². The average Bonchev–Trinajstić information content (AvgIpc) is 3.23. The van der Waals surface area contributed by atoms with E-state index in [0.29, 0.717) is 19.5 Å². The fourth-order valence-electron chi connectivity index (χ4n) is 4.31. The van der Waals surface area contributed by atoms with E-state index in [-0.39, 0.29) is 24.4 Å². The van der Waals surface area contributed by atoms with Crippen molar-refractivity contribution in [1.82, 2.24) is 9.80 Å². The van der Waals surface area contributed by atoms with Gasteiger partial charge in [-0.15, -0.1) is 11.3 Å².